The molecular formula is C5H11NOPS+. The first-order chi connectivity index (χ1) is 4.12. The van der Waals surface area contributed by atoms with Crippen molar-refractivity contribution >= 4 is 18.6 Å². The van der Waals surface area contributed by atoms with Gasteiger partial charge in [-0.15, -0.1) is 0 Å². The summed E-state index contributed by atoms with van der Waals surface area (Å²) in [5.41, 5.74) is 0. The summed E-state index contributed by atoms with van der Waals surface area (Å²) in [6.45, 7) is 1.60. The molecule has 0 rings (SSSR count). The molecule has 0 atom stereocenters. The topological polar surface area (TPSA) is 20.2 Å². The molecule has 0 radical (unpaired) electrons. The van der Waals surface area contributed by atoms with Crippen LogP contribution in [0.4, 0.5) is 0 Å². The Hall–Kier alpha value is 0.350. The molecule has 52 valence electrons. The molecule has 0 fully saturated rings. The van der Waals surface area contributed by atoms with Gasteiger partial charge in [0, 0.05) is 0 Å². The van der Waals surface area contributed by atoms with E-state index in [1.165, 1.54) is 0 Å². The third kappa shape index (κ3) is 4.83. The maximum absolute atomic E-state index is 8.54. The van der Waals surface area contributed by atoms with Crippen LogP contribution in [-0.4, -0.2) is 36.8 Å². The second kappa shape index (κ2) is 4.21. The van der Waals surface area contributed by atoms with Crippen LogP contribution in [0.5, 0.6) is 0 Å². The zero-order chi connectivity index (χ0) is 7.33. The van der Waals surface area contributed by atoms with Gasteiger partial charge in [-0.3, -0.25) is 0 Å². The second-order valence-electron chi connectivity index (χ2n) is 2.32. The molecule has 2 nitrogen and oxygen atoms in total. The Morgan fingerprint density at radius 1 is 1.67 bits per heavy atom. The number of hydrogen-bond acceptors (Lipinski definition) is 2. The number of nitrogens with zero attached hydrogens (tertiary/aromatic N) is 1. The molecule has 0 heterocycles. The minimum absolute atomic E-state index is 0.185. The summed E-state index contributed by atoms with van der Waals surface area (Å²) in [5.74, 6) is 2.99. The van der Waals surface area contributed by atoms with Crippen molar-refractivity contribution in [2.45, 2.75) is 0 Å². The fraction of sp³-hybridized carbons (Fsp3) is 0.800. The van der Waals surface area contributed by atoms with E-state index in [0.717, 1.165) is 6.81 Å². The van der Waals surface area contributed by atoms with Crippen LogP contribution < -0.4 is 0 Å². The van der Waals surface area contributed by atoms with Gasteiger partial charge in [0.2, 0.25) is 0 Å². The quantitative estimate of drug-likeness (QED) is 0.470. The van der Waals surface area contributed by atoms with E-state index in [2.05, 4.69) is 17.6 Å². The van der Waals surface area contributed by atoms with E-state index in [-0.39, 0.29) is 6.61 Å². The Labute approximate surface area is 61.8 Å². The van der Waals surface area contributed by atoms with E-state index >= 15 is 0 Å². The van der Waals surface area contributed by atoms with Gasteiger partial charge >= 0.3 is 61.2 Å². The summed E-state index contributed by atoms with van der Waals surface area (Å²) in [7, 11) is 3.91. The molecular weight excluding hydrogens is 153 g/mol. The Morgan fingerprint density at radius 2 is 2.22 bits per heavy atom. The van der Waals surface area contributed by atoms with Crippen molar-refractivity contribution < 1.29 is 9.59 Å². The molecule has 0 unspecified atom stereocenters. The molecule has 0 aromatic heterocycles. The van der Waals surface area contributed by atoms with Crippen molar-refractivity contribution in [3.8, 4) is 5.75 Å². The molecule has 9 heavy (non-hydrogen) atoms. The molecule has 0 spiro atoms. The van der Waals surface area contributed by atoms with Crippen molar-refractivity contribution in [3.05, 3.63) is 0 Å². The van der Waals surface area contributed by atoms with E-state index in [4.69, 9.17) is 5.11 Å². The molecule has 0 aliphatic carbocycles. The average Bonchev–Trinajstić information content (AvgIpc) is 1.64. The monoisotopic (exact) mass is 164 g/mol. The zero-order valence-corrected chi connectivity index (χ0v) is 7.38. The van der Waals surface area contributed by atoms with Gasteiger partial charge in [0.15, 0.2) is 0 Å². The number of aliphatic hydroxyl groups excluding tert-OH is 1. The van der Waals surface area contributed by atoms with Gasteiger partial charge < -0.3 is 0 Å². The summed E-state index contributed by atoms with van der Waals surface area (Å²) < 4.78 is 0.571. The fourth-order valence-corrected chi connectivity index (χ4v) is 1.39. The van der Waals surface area contributed by atoms with Crippen LogP contribution in [0.25, 0.3) is 0 Å². The Balaban J connectivity index is 3.96. The first-order valence-electron chi connectivity index (χ1n) is 2.66. The number of aliphatic hydroxyl groups is 1. The molecule has 0 amide bonds. The predicted octanol–water partition coefficient (Wildman–Crippen LogP) is 0.380. The Bertz CT molecular complexity index is 172. The van der Waals surface area contributed by atoms with Crippen LogP contribution >= 0.6 is 6.81 Å². The number of quaternary nitrogens is 1. The molecule has 0 saturated heterocycles. The van der Waals surface area contributed by atoms with Gasteiger partial charge in [-0.2, -0.15) is 0 Å². The summed E-state index contributed by atoms with van der Waals surface area (Å²) in [6, 6.07) is 0. The van der Waals surface area contributed by atoms with Crippen LogP contribution in [0.15, 0.2) is 0 Å². The van der Waals surface area contributed by atoms with Crippen molar-refractivity contribution in [3.63, 3.8) is 0 Å². The van der Waals surface area contributed by atoms with Crippen LogP contribution in [-0.2, 0) is 11.8 Å². The molecule has 4 heteroatoms. The molecule has 1 N–H and O–H groups in total. The van der Waals surface area contributed by atoms with Gasteiger partial charge in [-0.05, 0) is 0 Å². The van der Waals surface area contributed by atoms with E-state index in [1.807, 2.05) is 14.1 Å². The summed E-state index contributed by atoms with van der Waals surface area (Å²) in [5, 5.41) is 8.54. The maximum atomic E-state index is 8.54. The molecule has 0 aliphatic rings. The van der Waals surface area contributed by atoms with Crippen LogP contribution in [0.1, 0.15) is 0 Å². The average molecular weight is 164 g/mol. The SMILES string of the molecule is C[N+](C)(C#P=S)CCO. The zero-order valence-electron chi connectivity index (χ0n) is 5.66. The number of rotatable bonds is 2. The summed E-state index contributed by atoms with van der Waals surface area (Å²) in [6.07, 6.45) is 0. The molecule has 0 aromatic carbocycles. The van der Waals surface area contributed by atoms with Gasteiger partial charge in [0.25, 0.3) is 0 Å². The molecule has 0 aliphatic heterocycles. The van der Waals surface area contributed by atoms with Gasteiger partial charge in [-0.1, -0.05) is 0 Å². The third-order valence-electron chi connectivity index (χ3n) is 0.971. The van der Waals surface area contributed by atoms with Crippen LogP contribution in [0.3, 0.4) is 0 Å². The van der Waals surface area contributed by atoms with E-state index < -0.39 is 0 Å². The predicted molar refractivity (Wildman–Crippen MR) is 42.2 cm³/mol. The number of likely N-dealkylation sites (N-methyl/N-ethyl adjacent to an activating group) is 1. The van der Waals surface area contributed by atoms with Crippen molar-refractivity contribution in [1.29, 1.82) is 0 Å². The summed E-state index contributed by atoms with van der Waals surface area (Å²) in [4.78, 5) is 0. The van der Waals surface area contributed by atoms with Crippen molar-refractivity contribution in [2.75, 3.05) is 27.2 Å². The Kier molecular flexibility index (Phi) is 4.37. The summed E-state index contributed by atoms with van der Waals surface area (Å²) >= 11 is 4.68. The van der Waals surface area contributed by atoms with Gasteiger partial charge in [0.1, 0.15) is 0 Å². The van der Waals surface area contributed by atoms with E-state index in [0.29, 0.717) is 11.0 Å². The van der Waals surface area contributed by atoms with Crippen molar-refractivity contribution in [1.82, 2.24) is 0 Å². The van der Waals surface area contributed by atoms with Crippen molar-refractivity contribution in [2.24, 2.45) is 0 Å². The third-order valence-corrected chi connectivity index (χ3v) is 1.84. The Morgan fingerprint density at radius 3 is 2.56 bits per heavy atom. The number of hydrogen-bond donors (Lipinski definition) is 1. The molecule has 0 bridgehead atoms. The van der Waals surface area contributed by atoms with E-state index in [1.54, 1.807) is 0 Å². The fourth-order valence-electron chi connectivity index (χ4n) is 0.411. The minimum atomic E-state index is 0.185. The standard InChI is InChI=1S/C5H11NOPS/c1-6(2,3-4-7)5-8-9/h7H,3-4H2,1-2H3/q+1. The van der Waals surface area contributed by atoms with Gasteiger partial charge in [-0.25, -0.2) is 0 Å². The van der Waals surface area contributed by atoms with Crippen LogP contribution in [0, 0.1) is 5.75 Å². The van der Waals surface area contributed by atoms with Crippen LogP contribution in [0.2, 0.25) is 0 Å². The van der Waals surface area contributed by atoms with Gasteiger partial charge in [0.05, 0.1) is 0 Å². The second-order valence-corrected chi connectivity index (χ2v) is 3.25. The molecule has 0 saturated carbocycles. The van der Waals surface area contributed by atoms with E-state index in [9.17, 15) is 0 Å². The first kappa shape index (κ1) is 9.35. The normalized spacial score (nSPS) is 10.6. The molecule has 0 aromatic rings. The first-order valence-corrected chi connectivity index (χ1v) is 4.56.